The molecular weight excluding hydrogens is 304 g/mol. The fourth-order valence-electron chi connectivity index (χ4n) is 2.34. The lowest BCUT2D eigenvalue weighted by atomic mass is 10.1. The summed E-state index contributed by atoms with van der Waals surface area (Å²) in [5.41, 5.74) is 3.29. The number of rotatable bonds is 6. The molecule has 0 bridgehead atoms. The zero-order chi connectivity index (χ0) is 16.1. The van der Waals surface area contributed by atoms with Crippen LogP contribution in [-0.2, 0) is 6.54 Å². The van der Waals surface area contributed by atoms with Crippen molar-refractivity contribution in [3.63, 3.8) is 0 Å². The summed E-state index contributed by atoms with van der Waals surface area (Å²) >= 11 is 1.68. The Hall–Kier alpha value is -2.01. The average Bonchev–Trinajstić information content (AvgIpc) is 3.05. The molecule has 1 atom stereocenters. The van der Waals surface area contributed by atoms with Gasteiger partial charge in [0.2, 0.25) is 0 Å². The van der Waals surface area contributed by atoms with E-state index in [1.165, 1.54) is 10.4 Å². The van der Waals surface area contributed by atoms with E-state index >= 15 is 0 Å². The molecule has 2 aromatic carbocycles. The molecule has 1 unspecified atom stereocenters. The van der Waals surface area contributed by atoms with Gasteiger partial charge in [-0.25, -0.2) is 4.98 Å². The van der Waals surface area contributed by atoms with Gasteiger partial charge in [0.25, 0.3) is 0 Å². The number of nitrogens with zero attached hydrogens (tertiary/aromatic N) is 1. The second-order valence-electron chi connectivity index (χ2n) is 5.56. The Bertz CT molecular complexity index is 738. The van der Waals surface area contributed by atoms with Crippen molar-refractivity contribution >= 4 is 11.3 Å². The molecule has 3 nitrogen and oxygen atoms in total. The first-order chi connectivity index (χ1) is 11.2. The summed E-state index contributed by atoms with van der Waals surface area (Å²) < 4.78 is 0. The van der Waals surface area contributed by atoms with Gasteiger partial charge in [0.05, 0.1) is 6.10 Å². The highest BCUT2D eigenvalue weighted by molar-refractivity contribution is 7.15. The minimum Gasteiger partial charge on any atom is -0.387 e. The minimum atomic E-state index is -0.489. The lowest BCUT2D eigenvalue weighted by Gasteiger charge is -2.11. The number of aryl methyl sites for hydroxylation is 1. The molecule has 0 amide bonds. The Morgan fingerprint density at radius 3 is 2.57 bits per heavy atom. The van der Waals surface area contributed by atoms with Crippen molar-refractivity contribution in [3.05, 3.63) is 76.8 Å². The summed E-state index contributed by atoms with van der Waals surface area (Å²) in [5, 5.41) is 14.5. The van der Waals surface area contributed by atoms with E-state index in [1.54, 1.807) is 11.3 Å². The second-order valence-corrected chi connectivity index (χ2v) is 6.67. The molecule has 0 saturated carbocycles. The lowest BCUT2D eigenvalue weighted by molar-refractivity contribution is 0.174. The SMILES string of the molecule is Cc1ccc(C(O)CNCc2cnc(-c3ccccc3)s2)cc1. The van der Waals surface area contributed by atoms with E-state index in [2.05, 4.69) is 22.4 Å². The summed E-state index contributed by atoms with van der Waals surface area (Å²) in [7, 11) is 0. The van der Waals surface area contributed by atoms with Crippen LogP contribution in [0.5, 0.6) is 0 Å². The molecule has 4 heteroatoms. The molecule has 2 N–H and O–H groups in total. The van der Waals surface area contributed by atoms with Crippen LogP contribution in [0, 0.1) is 6.92 Å². The maximum atomic E-state index is 10.2. The van der Waals surface area contributed by atoms with E-state index in [-0.39, 0.29) is 0 Å². The van der Waals surface area contributed by atoms with E-state index < -0.39 is 6.10 Å². The number of aromatic nitrogens is 1. The molecule has 23 heavy (non-hydrogen) atoms. The van der Waals surface area contributed by atoms with E-state index in [1.807, 2.05) is 55.6 Å². The smallest absolute Gasteiger partial charge is 0.123 e. The molecule has 0 radical (unpaired) electrons. The van der Waals surface area contributed by atoms with Gasteiger partial charge < -0.3 is 10.4 Å². The van der Waals surface area contributed by atoms with Gasteiger partial charge in [-0.15, -0.1) is 11.3 Å². The standard InChI is InChI=1S/C19H20N2OS/c1-14-7-9-15(10-8-14)18(22)13-20-11-17-12-21-19(23-17)16-5-3-2-4-6-16/h2-10,12,18,20,22H,11,13H2,1H3. The average molecular weight is 324 g/mol. The summed E-state index contributed by atoms with van der Waals surface area (Å²) in [6.45, 7) is 3.29. The van der Waals surface area contributed by atoms with Gasteiger partial charge in [-0.2, -0.15) is 0 Å². The Kier molecular flexibility index (Phi) is 5.18. The van der Waals surface area contributed by atoms with Crippen molar-refractivity contribution in [1.82, 2.24) is 10.3 Å². The first-order valence-corrected chi connectivity index (χ1v) is 8.49. The van der Waals surface area contributed by atoms with Crippen molar-refractivity contribution in [2.24, 2.45) is 0 Å². The van der Waals surface area contributed by atoms with Gasteiger partial charge in [-0.1, -0.05) is 60.2 Å². The van der Waals surface area contributed by atoms with Crippen LogP contribution >= 0.6 is 11.3 Å². The number of aliphatic hydroxyl groups is 1. The van der Waals surface area contributed by atoms with Crippen LogP contribution in [0.25, 0.3) is 10.6 Å². The van der Waals surface area contributed by atoms with Gasteiger partial charge in [0, 0.05) is 29.7 Å². The van der Waals surface area contributed by atoms with Crippen molar-refractivity contribution < 1.29 is 5.11 Å². The molecule has 1 aromatic heterocycles. The van der Waals surface area contributed by atoms with Gasteiger partial charge in [-0.05, 0) is 12.5 Å². The molecule has 118 valence electrons. The van der Waals surface area contributed by atoms with E-state index in [4.69, 9.17) is 0 Å². The highest BCUT2D eigenvalue weighted by Gasteiger charge is 2.08. The fourth-order valence-corrected chi connectivity index (χ4v) is 3.23. The summed E-state index contributed by atoms with van der Waals surface area (Å²) in [4.78, 5) is 5.63. The highest BCUT2D eigenvalue weighted by Crippen LogP contribution is 2.24. The van der Waals surface area contributed by atoms with Gasteiger partial charge in [0.1, 0.15) is 5.01 Å². The second kappa shape index (κ2) is 7.51. The van der Waals surface area contributed by atoms with Crippen LogP contribution < -0.4 is 5.32 Å². The van der Waals surface area contributed by atoms with Crippen LogP contribution in [0.1, 0.15) is 22.1 Å². The number of nitrogens with one attached hydrogen (secondary N) is 1. The first kappa shape index (κ1) is 15.9. The largest absolute Gasteiger partial charge is 0.387 e. The van der Waals surface area contributed by atoms with Crippen LogP contribution in [-0.4, -0.2) is 16.6 Å². The summed E-state index contributed by atoms with van der Waals surface area (Å²) in [6, 6.07) is 18.2. The number of hydrogen-bond donors (Lipinski definition) is 2. The number of thiazole rings is 1. The molecule has 0 aliphatic rings. The molecular formula is C19H20N2OS. The third kappa shape index (κ3) is 4.26. The molecule has 1 heterocycles. The summed E-state index contributed by atoms with van der Waals surface area (Å²) in [5.74, 6) is 0. The van der Waals surface area contributed by atoms with Gasteiger partial charge in [-0.3, -0.25) is 0 Å². The van der Waals surface area contributed by atoms with Crippen LogP contribution in [0.4, 0.5) is 0 Å². The zero-order valence-electron chi connectivity index (χ0n) is 13.1. The monoisotopic (exact) mass is 324 g/mol. The molecule has 0 saturated heterocycles. The Morgan fingerprint density at radius 2 is 1.83 bits per heavy atom. The molecule has 0 fully saturated rings. The maximum Gasteiger partial charge on any atom is 0.123 e. The topological polar surface area (TPSA) is 45.1 Å². The van der Waals surface area contributed by atoms with Crippen molar-refractivity contribution in [3.8, 4) is 10.6 Å². The molecule has 0 aliphatic heterocycles. The number of aliphatic hydroxyl groups excluding tert-OH is 1. The fraction of sp³-hybridized carbons (Fsp3) is 0.211. The van der Waals surface area contributed by atoms with Crippen molar-refractivity contribution in [2.75, 3.05) is 6.54 Å². The van der Waals surface area contributed by atoms with Crippen LogP contribution in [0.3, 0.4) is 0 Å². The Morgan fingerprint density at radius 1 is 1.09 bits per heavy atom. The van der Waals surface area contributed by atoms with Crippen molar-refractivity contribution in [1.29, 1.82) is 0 Å². The zero-order valence-corrected chi connectivity index (χ0v) is 13.9. The van der Waals surface area contributed by atoms with Crippen molar-refractivity contribution in [2.45, 2.75) is 19.6 Å². The number of hydrogen-bond acceptors (Lipinski definition) is 4. The maximum absolute atomic E-state index is 10.2. The van der Waals surface area contributed by atoms with E-state index in [0.717, 1.165) is 16.1 Å². The Balaban J connectivity index is 1.53. The van der Waals surface area contributed by atoms with E-state index in [0.29, 0.717) is 13.1 Å². The molecule has 3 rings (SSSR count). The minimum absolute atomic E-state index is 0.489. The molecule has 3 aromatic rings. The van der Waals surface area contributed by atoms with Gasteiger partial charge in [0.15, 0.2) is 0 Å². The normalized spacial score (nSPS) is 12.3. The molecule has 0 spiro atoms. The lowest BCUT2D eigenvalue weighted by Crippen LogP contribution is -2.20. The van der Waals surface area contributed by atoms with Crippen LogP contribution in [0.2, 0.25) is 0 Å². The number of benzene rings is 2. The predicted molar refractivity (Wildman–Crippen MR) is 95.4 cm³/mol. The molecule has 0 aliphatic carbocycles. The Labute approximate surface area is 140 Å². The predicted octanol–water partition coefficient (Wildman–Crippen LogP) is 3.94. The highest BCUT2D eigenvalue weighted by atomic mass is 32.1. The van der Waals surface area contributed by atoms with Crippen LogP contribution in [0.15, 0.2) is 60.8 Å². The van der Waals surface area contributed by atoms with E-state index in [9.17, 15) is 5.11 Å². The quantitative estimate of drug-likeness (QED) is 0.722. The van der Waals surface area contributed by atoms with Gasteiger partial charge >= 0.3 is 0 Å². The third-order valence-corrected chi connectivity index (χ3v) is 4.72. The third-order valence-electron chi connectivity index (χ3n) is 3.67. The summed E-state index contributed by atoms with van der Waals surface area (Å²) in [6.07, 6.45) is 1.41. The first-order valence-electron chi connectivity index (χ1n) is 7.68.